The second kappa shape index (κ2) is 8.96. The Morgan fingerprint density at radius 1 is 0.962 bits per heavy atom. The Bertz CT molecular complexity index is 786. The van der Waals surface area contributed by atoms with Crippen molar-refractivity contribution in [3.05, 3.63) is 47.0 Å². The van der Waals surface area contributed by atoms with E-state index in [2.05, 4.69) is 5.32 Å². The van der Waals surface area contributed by atoms with E-state index in [4.69, 9.17) is 30.5 Å². The average Bonchev–Trinajstić information content (AvgIpc) is 2.65. The van der Waals surface area contributed by atoms with Crippen LogP contribution in [0, 0.1) is 0 Å². The predicted molar refractivity (Wildman–Crippen MR) is 96.5 cm³/mol. The molecule has 1 N–H and O–H groups in total. The summed E-state index contributed by atoms with van der Waals surface area (Å²) in [6.07, 6.45) is 0. The molecule has 7 nitrogen and oxygen atoms in total. The fourth-order valence-corrected chi connectivity index (χ4v) is 2.39. The van der Waals surface area contributed by atoms with Crippen LogP contribution in [-0.2, 0) is 9.53 Å². The summed E-state index contributed by atoms with van der Waals surface area (Å²) in [7, 11) is 4.31. The summed E-state index contributed by atoms with van der Waals surface area (Å²) in [5, 5.41) is 3.01. The fraction of sp³-hybridized carbons (Fsp3) is 0.222. The number of hydrogen-bond donors (Lipinski definition) is 1. The number of nitrogens with one attached hydrogen (secondary N) is 1. The molecule has 0 radical (unpaired) electrons. The van der Waals surface area contributed by atoms with Crippen molar-refractivity contribution in [1.29, 1.82) is 0 Å². The van der Waals surface area contributed by atoms with Crippen LogP contribution in [0.15, 0.2) is 36.4 Å². The molecular formula is C18H18ClNO6. The van der Waals surface area contributed by atoms with Crippen LogP contribution >= 0.6 is 11.6 Å². The average molecular weight is 380 g/mol. The summed E-state index contributed by atoms with van der Waals surface area (Å²) in [6, 6.07) is 9.63. The topological polar surface area (TPSA) is 83.1 Å². The maximum absolute atomic E-state index is 12.3. The maximum Gasteiger partial charge on any atom is 0.346 e. The third-order valence-electron chi connectivity index (χ3n) is 3.40. The molecule has 0 saturated carbocycles. The molecule has 2 aromatic carbocycles. The first kappa shape index (κ1) is 19.4. The molecule has 26 heavy (non-hydrogen) atoms. The largest absolute Gasteiger partial charge is 0.496 e. The van der Waals surface area contributed by atoms with Crippen LogP contribution in [0.5, 0.6) is 17.2 Å². The van der Waals surface area contributed by atoms with Crippen molar-refractivity contribution in [2.45, 2.75) is 0 Å². The van der Waals surface area contributed by atoms with Gasteiger partial charge in [-0.05, 0) is 30.3 Å². The standard InChI is InChI=1S/C18H18ClNO6/c1-23-13-8-7-11(19)9-12(13)20-16(21)10-26-18(22)17-14(24-2)5-4-6-15(17)25-3/h4-9H,10H2,1-3H3,(H,20,21). The normalized spacial score (nSPS) is 10.0. The van der Waals surface area contributed by atoms with Gasteiger partial charge in [0.15, 0.2) is 6.61 Å². The van der Waals surface area contributed by atoms with E-state index in [1.165, 1.54) is 27.4 Å². The minimum Gasteiger partial charge on any atom is -0.496 e. The minimum atomic E-state index is -0.743. The number of halogens is 1. The number of anilines is 1. The van der Waals surface area contributed by atoms with Crippen LogP contribution in [0.3, 0.4) is 0 Å². The molecule has 0 aliphatic heterocycles. The van der Waals surface area contributed by atoms with Crippen LogP contribution < -0.4 is 19.5 Å². The zero-order valence-electron chi connectivity index (χ0n) is 14.5. The molecule has 0 spiro atoms. The van der Waals surface area contributed by atoms with Crippen LogP contribution in [-0.4, -0.2) is 39.8 Å². The number of carbonyl (C=O) groups is 2. The van der Waals surface area contributed by atoms with Gasteiger partial charge in [-0.25, -0.2) is 4.79 Å². The molecule has 0 fully saturated rings. The van der Waals surface area contributed by atoms with Crippen molar-refractivity contribution >= 4 is 29.2 Å². The quantitative estimate of drug-likeness (QED) is 0.744. The van der Waals surface area contributed by atoms with E-state index >= 15 is 0 Å². The molecule has 0 saturated heterocycles. The summed E-state index contributed by atoms with van der Waals surface area (Å²) < 4.78 is 20.5. The van der Waals surface area contributed by atoms with E-state index in [1.54, 1.807) is 30.3 Å². The van der Waals surface area contributed by atoms with E-state index in [1.807, 2.05) is 0 Å². The summed E-state index contributed by atoms with van der Waals surface area (Å²) in [5.74, 6) is -0.293. The Kier molecular flexibility index (Phi) is 6.68. The molecule has 2 rings (SSSR count). The number of carbonyl (C=O) groups excluding carboxylic acids is 2. The van der Waals surface area contributed by atoms with Crippen LogP contribution in [0.2, 0.25) is 5.02 Å². The third kappa shape index (κ3) is 4.58. The van der Waals surface area contributed by atoms with Crippen molar-refractivity contribution in [3.8, 4) is 17.2 Å². The summed E-state index contributed by atoms with van der Waals surface area (Å²) in [5.41, 5.74) is 0.474. The molecule has 0 aliphatic rings. The number of esters is 1. The van der Waals surface area contributed by atoms with Crippen molar-refractivity contribution in [2.75, 3.05) is 33.3 Å². The molecule has 1 amide bonds. The first-order valence-corrected chi connectivity index (χ1v) is 7.89. The number of rotatable bonds is 7. The lowest BCUT2D eigenvalue weighted by molar-refractivity contribution is -0.119. The van der Waals surface area contributed by atoms with Crippen molar-refractivity contribution < 1.29 is 28.5 Å². The van der Waals surface area contributed by atoms with Gasteiger partial charge in [0, 0.05) is 5.02 Å². The van der Waals surface area contributed by atoms with E-state index in [0.717, 1.165) is 0 Å². The van der Waals surface area contributed by atoms with Gasteiger partial charge in [-0.15, -0.1) is 0 Å². The number of hydrogen-bond acceptors (Lipinski definition) is 6. The molecular weight excluding hydrogens is 362 g/mol. The van der Waals surface area contributed by atoms with Gasteiger partial charge in [-0.3, -0.25) is 4.79 Å². The van der Waals surface area contributed by atoms with Gasteiger partial charge in [0.05, 0.1) is 27.0 Å². The molecule has 0 heterocycles. The minimum absolute atomic E-state index is 0.102. The van der Waals surface area contributed by atoms with Crippen molar-refractivity contribution in [3.63, 3.8) is 0 Å². The van der Waals surface area contributed by atoms with E-state index in [0.29, 0.717) is 16.5 Å². The Morgan fingerprint density at radius 2 is 1.58 bits per heavy atom. The molecule has 0 unspecified atom stereocenters. The van der Waals surface area contributed by atoms with Crippen LogP contribution in [0.4, 0.5) is 5.69 Å². The molecule has 0 aliphatic carbocycles. The summed E-state index contributed by atoms with van der Waals surface area (Å²) in [4.78, 5) is 24.4. The summed E-state index contributed by atoms with van der Waals surface area (Å²) in [6.45, 7) is -0.504. The van der Waals surface area contributed by atoms with Crippen molar-refractivity contribution in [2.24, 2.45) is 0 Å². The highest BCUT2D eigenvalue weighted by atomic mass is 35.5. The SMILES string of the molecule is COc1ccc(Cl)cc1NC(=O)COC(=O)c1c(OC)cccc1OC. The number of benzene rings is 2. The van der Waals surface area contributed by atoms with Crippen molar-refractivity contribution in [1.82, 2.24) is 0 Å². The molecule has 2 aromatic rings. The third-order valence-corrected chi connectivity index (χ3v) is 3.64. The van der Waals surface area contributed by atoms with Gasteiger partial charge in [-0.1, -0.05) is 17.7 Å². The fourth-order valence-electron chi connectivity index (χ4n) is 2.22. The number of amides is 1. The Hall–Kier alpha value is -2.93. The smallest absolute Gasteiger partial charge is 0.346 e. The number of methoxy groups -OCH3 is 3. The van der Waals surface area contributed by atoms with Crippen LogP contribution in [0.25, 0.3) is 0 Å². The molecule has 0 atom stereocenters. The predicted octanol–water partition coefficient (Wildman–Crippen LogP) is 3.16. The Labute approximate surface area is 155 Å². The molecule has 0 bridgehead atoms. The maximum atomic E-state index is 12.3. The second-order valence-electron chi connectivity index (χ2n) is 5.01. The van der Waals surface area contributed by atoms with Gasteiger partial charge in [-0.2, -0.15) is 0 Å². The zero-order chi connectivity index (χ0) is 19.1. The second-order valence-corrected chi connectivity index (χ2v) is 5.44. The first-order chi connectivity index (χ1) is 12.5. The molecule has 0 aromatic heterocycles. The van der Waals surface area contributed by atoms with Crippen LogP contribution in [0.1, 0.15) is 10.4 Å². The lowest BCUT2D eigenvalue weighted by atomic mass is 10.2. The molecule has 8 heteroatoms. The summed E-state index contributed by atoms with van der Waals surface area (Å²) >= 11 is 5.91. The lowest BCUT2D eigenvalue weighted by Gasteiger charge is -2.13. The highest BCUT2D eigenvalue weighted by Gasteiger charge is 2.21. The van der Waals surface area contributed by atoms with E-state index < -0.39 is 18.5 Å². The highest BCUT2D eigenvalue weighted by molar-refractivity contribution is 6.31. The number of ether oxygens (including phenoxy) is 4. The van der Waals surface area contributed by atoms with Gasteiger partial charge in [0.25, 0.3) is 5.91 Å². The molecule has 138 valence electrons. The van der Waals surface area contributed by atoms with E-state index in [9.17, 15) is 9.59 Å². The Balaban J connectivity index is 2.06. The van der Waals surface area contributed by atoms with E-state index in [-0.39, 0.29) is 17.1 Å². The zero-order valence-corrected chi connectivity index (χ0v) is 15.3. The Morgan fingerprint density at radius 3 is 2.15 bits per heavy atom. The monoisotopic (exact) mass is 379 g/mol. The lowest BCUT2D eigenvalue weighted by Crippen LogP contribution is -2.21. The van der Waals surface area contributed by atoms with Gasteiger partial charge in [0.2, 0.25) is 0 Å². The van der Waals surface area contributed by atoms with Gasteiger partial charge < -0.3 is 24.3 Å². The van der Waals surface area contributed by atoms with Gasteiger partial charge >= 0.3 is 5.97 Å². The van der Waals surface area contributed by atoms with Gasteiger partial charge in [0.1, 0.15) is 22.8 Å². The highest BCUT2D eigenvalue weighted by Crippen LogP contribution is 2.29. The first-order valence-electron chi connectivity index (χ1n) is 7.51.